The van der Waals surface area contributed by atoms with E-state index >= 15 is 0 Å². The lowest BCUT2D eigenvalue weighted by Crippen LogP contribution is -2.20. The van der Waals surface area contributed by atoms with Crippen molar-refractivity contribution in [2.24, 2.45) is 0 Å². The van der Waals surface area contributed by atoms with E-state index < -0.39 is 20.0 Å². The van der Waals surface area contributed by atoms with E-state index in [1.54, 1.807) is 24.3 Å². The molecule has 0 unspecified atom stereocenters. The minimum absolute atomic E-state index is 0.0397. The largest absolute Gasteiger partial charge is 0.281 e. The lowest BCUT2D eigenvalue weighted by molar-refractivity contribution is 0.586. The summed E-state index contributed by atoms with van der Waals surface area (Å²) in [6.07, 6.45) is 12.0. The van der Waals surface area contributed by atoms with Gasteiger partial charge in [-0.15, -0.1) is 0 Å². The first-order valence-corrected chi connectivity index (χ1v) is 14.7. The average Bonchev–Trinajstić information content (AvgIpc) is 2.68. The highest BCUT2D eigenvalue weighted by Gasteiger charge is 2.16. The predicted octanol–water partition coefficient (Wildman–Crippen LogP) is 5.89. The van der Waals surface area contributed by atoms with Crippen LogP contribution in [0.25, 0.3) is 0 Å². The van der Waals surface area contributed by atoms with Gasteiger partial charge in [-0.25, -0.2) is 16.8 Å². The second-order valence-corrected chi connectivity index (χ2v) is 11.6. The summed E-state index contributed by atoms with van der Waals surface area (Å²) in [7, 11) is -7.04. The smallest absolute Gasteiger partial charge is 0.232 e. The maximum atomic E-state index is 12.4. The monoisotopic (exact) mass is 460 g/mol. The molecule has 0 spiro atoms. The molecule has 1 aromatic carbocycles. The average molecular weight is 461 g/mol. The van der Waals surface area contributed by atoms with Crippen LogP contribution in [-0.4, -0.2) is 28.3 Å². The number of sulfonamides is 2. The Bertz CT molecular complexity index is 726. The Morgan fingerprint density at radius 3 is 1.27 bits per heavy atom. The summed E-state index contributed by atoms with van der Waals surface area (Å²) in [6.45, 7) is 4.29. The van der Waals surface area contributed by atoms with Crippen molar-refractivity contribution < 1.29 is 16.8 Å². The molecule has 1 rings (SSSR count). The van der Waals surface area contributed by atoms with Crippen molar-refractivity contribution in [2.45, 2.75) is 90.9 Å². The Labute approximate surface area is 184 Å². The van der Waals surface area contributed by atoms with E-state index in [0.717, 1.165) is 51.4 Å². The second-order valence-electron chi connectivity index (χ2n) is 7.92. The maximum absolute atomic E-state index is 12.4. The van der Waals surface area contributed by atoms with E-state index in [9.17, 15) is 16.8 Å². The van der Waals surface area contributed by atoms with Gasteiger partial charge in [0.15, 0.2) is 0 Å². The van der Waals surface area contributed by atoms with Crippen LogP contribution >= 0.6 is 0 Å². The fourth-order valence-electron chi connectivity index (χ4n) is 3.24. The van der Waals surface area contributed by atoms with Crippen LogP contribution in [0, 0.1) is 0 Å². The first-order chi connectivity index (χ1) is 14.3. The maximum Gasteiger partial charge on any atom is 0.232 e. The van der Waals surface area contributed by atoms with E-state index in [2.05, 4.69) is 23.3 Å². The van der Waals surface area contributed by atoms with Crippen molar-refractivity contribution in [1.29, 1.82) is 0 Å². The topological polar surface area (TPSA) is 92.3 Å². The highest BCUT2D eigenvalue weighted by Crippen LogP contribution is 2.24. The molecular weight excluding hydrogens is 420 g/mol. The van der Waals surface area contributed by atoms with E-state index in [-0.39, 0.29) is 22.9 Å². The fourth-order valence-corrected chi connectivity index (χ4v) is 5.64. The highest BCUT2D eigenvalue weighted by molar-refractivity contribution is 7.93. The molecule has 0 aliphatic rings. The zero-order chi connectivity index (χ0) is 22.3. The van der Waals surface area contributed by atoms with Gasteiger partial charge in [-0.1, -0.05) is 90.2 Å². The van der Waals surface area contributed by atoms with Gasteiger partial charge in [0, 0.05) is 0 Å². The minimum Gasteiger partial charge on any atom is -0.281 e. The zero-order valence-corrected chi connectivity index (χ0v) is 20.3. The first kappa shape index (κ1) is 26.8. The predicted molar refractivity (Wildman–Crippen MR) is 128 cm³/mol. The molecule has 30 heavy (non-hydrogen) atoms. The third kappa shape index (κ3) is 12.4. The summed E-state index contributed by atoms with van der Waals surface area (Å²) in [5, 5.41) is 0. The van der Waals surface area contributed by atoms with Crippen LogP contribution in [0.3, 0.4) is 0 Å². The lowest BCUT2D eigenvalue weighted by atomic mass is 10.1. The van der Waals surface area contributed by atoms with Crippen molar-refractivity contribution in [3.05, 3.63) is 24.3 Å². The lowest BCUT2D eigenvalue weighted by Gasteiger charge is -2.14. The van der Waals surface area contributed by atoms with Crippen LogP contribution < -0.4 is 9.44 Å². The molecule has 0 atom stereocenters. The van der Waals surface area contributed by atoms with Crippen molar-refractivity contribution in [1.82, 2.24) is 0 Å². The van der Waals surface area contributed by atoms with Crippen LogP contribution in [-0.2, 0) is 20.0 Å². The van der Waals surface area contributed by atoms with Crippen LogP contribution in [0.4, 0.5) is 11.4 Å². The molecular formula is C22H40N2O4S2. The number of para-hydroxylation sites is 2. The van der Waals surface area contributed by atoms with Crippen LogP contribution in [0.1, 0.15) is 90.9 Å². The van der Waals surface area contributed by atoms with Crippen molar-refractivity contribution >= 4 is 31.4 Å². The molecule has 1 aromatic rings. The summed E-state index contributed by atoms with van der Waals surface area (Å²) in [6, 6.07) is 6.55. The summed E-state index contributed by atoms with van der Waals surface area (Å²) >= 11 is 0. The van der Waals surface area contributed by atoms with Gasteiger partial charge in [0.2, 0.25) is 20.0 Å². The molecule has 0 radical (unpaired) electrons. The quantitative estimate of drug-likeness (QED) is 0.267. The normalized spacial score (nSPS) is 12.1. The fraction of sp³-hybridized carbons (Fsp3) is 0.727. The molecule has 0 bridgehead atoms. The van der Waals surface area contributed by atoms with Crippen LogP contribution in [0.5, 0.6) is 0 Å². The van der Waals surface area contributed by atoms with Gasteiger partial charge in [-0.05, 0) is 25.0 Å². The molecule has 0 saturated heterocycles. The number of unbranched alkanes of at least 4 members (excludes halogenated alkanes) is 10. The SMILES string of the molecule is CCCCCCCCS(=O)(=O)Nc1ccccc1NS(=O)(=O)CCCCCCCC. The molecule has 0 fully saturated rings. The van der Waals surface area contributed by atoms with Gasteiger partial charge < -0.3 is 0 Å². The number of hydrogen-bond acceptors (Lipinski definition) is 4. The van der Waals surface area contributed by atoms with E-state index in [1.807, 2.05) is 0 Å². The first-order valence-electron chi connectivity index (χ1n) is 11.4. The van der Waals surface area contributed by atoms with Gasteiger partial charge in [0.25, 0.3) is 0 Å². The Balaban J connectivity index is 2.56. The van der Waals surface area contributed by atoms with Crippen LogP contribution in [0.15, 0.2) is 24.3 Å². The number of rotatable bonds is 18. The van der Waals surface area contributed by atoms with Gasteiger partial charge in [0.05, 0.1) is 22.9 Å². The highest BCUT2D eigenvalue weighted by atomic mass is 32.2. The van der Waals surface area contributed by atoms with Gasteiger partial charge in [0.1, 0.15) is 0 Å². The Kier molecular flexibility index (Phi) is 13.1. The molecule has 6 nitrogen and oxygen atoms in total. The number of nitrogens with one attached hydrogen (secondary N) is 2. The van der Waals surface area contributed by atoms with E-state index in [1.165, 1.54) is 12.8 Å². The second kappa shape index (κ2) is 14.7. The molecule has 2 N–H and O–H groups in total. The molecule has 0 saturated carbocycles. The number of hydrogen-bond donors (Lipinski definition) is 2. The Hall–Kier alpha value is -1.28. The Morgan fingerprint density at radius 2 is 0.900 bits per heavy atom. The number of benzene rings is 1. The summed E-state index contributed by atoms with van der Waals surface area (Å²) < 4.78 is 54.8. The zero-order valence-electron chi connectivity index (χ0n) is 18.7. The molecule has 8 heteroatoms. The number of anilines is 2. The molecule has 174 valence electrons. The van der Waals surface area contributed by atoms with Crippen LogP contribution in [0.2, 0.25) is 0 Å². The Morgan fingerprint density at radius 1 is 0.567 bits per heavy atom. The third-order valence-corrected chi connectivity index (χ3v) is 7.71. The van der Waals surface area contributed by atoms with Gasteiger partial charge >= 0.3 is 0 Å². The standard InChI is InChI=1S/C22H40N2O4S2/c1-3-5-7-9-11-15-19-29(25,26)23-21-17-13-14-18-22(21)24-30(27,28)20-16-12-10-8-6-4-2/h13-14,17-18,23-24H,3-12,15-16,19-20H2,1-2H3. The minimum atomic E-state index is -3.52. The molecule has 0 heterocycles. The molecule has 0 aromatic heterocycles. The summed E-state index contributed by atoms with van der Waals surface area (Å²) in [4.78, 5) is 0. The molecule has 0 aliphatic carbocycles. The van der Waals surface area contributed by atoms with Gasteiger partial charge in [-0.3, -0.25) is 9.44 Å². The summed E-state index contributed by atoms with van der Waals surface area (Å²) in [5.74, 6) is 0.0793. The van der Waals surface area contributed by atoms with E-state index in [4.69, 9.17) is 0 Å². The van der Waals surface area contributed by atoms with Crippen molar-refractivity contribution in [3.63, 3.8) is 0 Å². The summed E-state index contributed by atoms with van der Waals surface area (Å²) in [5.41, 5.74) is 0.546. The van der Waals surface area contributed by atoms with Crippen molar-refractivity contribution in [2.75, 3.05) is 20.9 Å². The van der Waals surface area contributed by atoms with E-state index in [0.29, 0.717) is 12.8 Å². The molecule has 0 aliphatic heterocycles. The molecule has 0 amide bonds. The van der Waals surface area contributed by atoms with Gasteiger partial charge in [-0.2, -0.15) is 0 Å². The third-order valence-electron chi connectivity index (χ3n) is 4.99. The van der Waals surface area contributed by atoms with Crippen molar-refractivity contribution in [3.8, 4) is 0 Å².